The number of rotatable bonds is 13. The van der Waals surface area contributed by atoms with Gasteiger partial charge in [0.2, 0.25) is 5.95 Å². The second-order valence-corrected chi connectivity index (χ2v) is 11.5. The molecule has 1 aromatic carbocycles. The minimum atomic E-state index is -4.02. The van der Waals surface area contributed by atoms with Crippen LogP contribution in [0, 0.1) is 5.92 Å². The molecule has 1 aliphatic heterocycles. The number of fused-ring (bicyclic) bond motifs is 1. The van der Waals surface area contributed by atoms with Gasteiger partial charge in [0.05, 0.1) is 25.6 Å². The lowest BCUT2D eigenvalue weighted by Gasteiger charge is -2.24. The van der Waals surface area contributed by atoms with Crippen LogP contribution in [-0.4, -0.2) is 56.9 Å². The number of aromatic nitrogens is 4. The largest absolute Gasteiger partial charge is 0.465 e. The van der Waals surface area contributed by atoms with E-state index in [1.807, 2.05) is 0 Å². The number of para-hydroxylation sites is 1. The molecular weight excluding hydrogens is 537 g/mol. The molecule has 40 heavy (non-hydrogen) atoms. The number of imidazole rings is 1. The van der Waals surface area contributed by atoms with E-state index in [0.717, 1.165) is 12.8 Å². The van der Waals surface area contributed by atoms with E-state index in [0.29, 0.717) is 35.2 Å². The molecule has 3 aromatic rings. The highest BCUT2D eigenvalue weighted by molar-refractivity contribution is 7.52. The number of nitrogen functional groups attached to an aromatic ring is 1. The van der Waals surface area contributed by atoms with Gasteiger partial charge in [-0.1, -0.05) is 24.3 Å². The standard InChI is InChI=1S/C26H34N7O6P/c1-4-17-13-20(14-37-40(35,32-16(3)25(34)36-5-2)39-19-9-7-6-8-10-19)38-24(17)33-15-28-21-22(29-18-11-12-18)30-26(27)31-23(21)33/h4,6-10,15-18,20,24H,1,5,11-14H2,2-3H3,(H,32,35)(H3,27,29,30,31)/t16-,17-,20-,24+,40?/m0/s1. The van der Waals surface area contributed by atoms with Crippen molar-refractivity contribution in [3.8, 4) is 5.75 Å². The highest BCUT2D eigenvalue weighted by atomic mass is 31.2. The molecule has 2 aromatic heterocycles. The molecule has 2 fully saturated rings. The molecule has 0 spiro atoms. The van der Waals surface area contributed by atoms with Crippen molar-refractivity contribution >= 4 is 36.6 Å². The maximum Gasteiger partial charge on any atom is 0.459 e. The minimum Gasteiger partial charge on any atom is -0.465 e. The van der Waals surface area contributed by atoms with E-state index in [1.165, 1.54) is 6.92 Å². The fourth-order valence-corrected chi connectivity index (χ4v) is 5.98. The minimum absolute atomic E-state index is 0.0776. The summed E-state index contributed by atoms with van der Waals surface area (Å²) in [5.41, 5.74) is 7.15. The summed E-state index contributed by atoms with van der Waals surface area (Å²) in [7, 11) is -4.02. The number of anilines is 2. The average Bonchev–Trinajstić information content (AvgIpc) is 3.49. The number of benzene rings is 1. The maximum absolute atomic E-state index is 13.8. The van der Waals surface area contributed by atoms with E-state index in [-0.39, 0.29) is 25.1 Å². The van der Waals surface area contributed by atoms with Gasteiger partial charge < -0.3 is 25.0 Å². The smallest absolute Gasteiger partial charge is 0.459 e. The van der Waals surface area contributed by atoms with Gasteiger partial charge in [0, 0.05) is 12.0 Å². The molecule has 13 nitrogen and oxygen atoms in total. The Kier molecular flexibility index (Phi) is 8.36. The van der Waals surface area contributed by atoms with Crippen LogP contribution in [0.15, 0.2) is 49.3 Å². The van der Waals surface area contributed by atoms with Gasteiger partial charge in [-0.25, -0.2) is 9.55 Å². The van der Waals surface area contributed by atoms with Crippen LogP contribution in [0.5, 0.6) is 5.75 Å². The molecule has 214 valence electrons. The maximum atomic E-state index is 13.8. The Hall–Kier alpha value is -3.51. The monoisotopic (exact) mass is 571 g/mol. The summed E-state index contributed by atoms with van der Waals surface area (Å²) in [4.78, 5) is 25.5. The molecule has 3 heterocycles. The Bertz CT molecular complexity index is 1400. The van der Waals surface area contributed by atoms with E-state index < -0.39 is 32.1 Å². The van der Waals surface area contributed by atoms with Crippen molar-refractivity contribution in [1.29, 1.82) is 0 Å². The highest BCUT2D eigenvalue weighted by Gasteiger charge is 2.39. The Morgan fingerprint density at radius 3 is 2.80 bits per heavy atom. The first-order valence-electron chi connectivity index (χ1n) is 13.3. The second kappa shape index (κ2) is 11.9. The molecule has 1 aliphatic carbocycles. The summed E-state index contributed by atoms with van der Waals surface area (Å²) in [6, 6.07) is 8.00. The van der Waals surface area contributed by atoms with E-state index in [4.69, 9.17) is 24.3 Å². The second-order valence-electron chi connectivity index (χ2n) is 9.76. The zero-order valence-corrected chi connectivity index (χ0v) is 23.3. The van der Waals surface area contributed by atoms with E-state index in [1.54, 1.807) is 54.2 Å². The van der Waals surface area contributed by atoms with E-state index in [9.17, 15) is 9.36 Å². The molecule has 2 aliphatic rings. The fraction of sp³-hybridized carbons (Fsp3) is 0.462. The summed E-state index contributed by atoms with van der Waals surface area (Å²) < 4.78 is 38.5. The first-order chi connectivity index (χ1) is 19.3. The summed E-state index contributed by atoms with van der Waals surface area (Å²) in [6.07, 6.45) is 5.15. The molecule has 0 bridgehead atoms. The summed E-state index contributed by atoms with van der Waals surface area (Å²) in [6.45, 7) is 7.31. The first-order valence-corrected chi connectivity index (χ1v) is 14.8. The number of hydrogen-bond acceptors (Lipinski definition) is 11. The predicted molar refractivity (Wildman–Crippen MR) is 148 cm³/mol. The van der Waals surface area contributed by atoms with Crippen LogP contribution in [0.1, 0.15) is 39.3 Å². The molecule has 14 heteroatoms. The Morgan fingerprint density at radius 1 is 1.32 bits per heavy atom. The Morgan fingerprint density at radius 2 is 2.10 bits per heavy atom. The zero-order valence-electron chi connectivity index (χ0n) is 22.4. The van der Waals surface area contributed by atoms with Crippen LogP contribution in [0.2, 0.25) is 0 Å². The predicted octanol–water partition coefficient (Wildman–Crippen LogP) is 3.82. The highest BCUT2D eigenvalue weighted by Crippen LogP contribution is 2.46. The first kappa shape index (κ1) is 28.0. The van der Waals surface area contributed by atoms with Gasteiger partial charge in [-0.3, -0.25) is 13.9 Å². The molecule has 0 radical (unpaired) electrons. The lowest BCUT2D eigenvalue weighted by atomic mass is 10.0. The SMILES string of the molecule is C=C[C@H]1C[C@@H](COP(=O)(N[C@@H](C)C(=O)OCC)Oc2ccccc2)O[C@H]1n1cnc2c(NC3CC3)nc(N)nc21. The Labute approximate surface area is 232 Å². The van der Waals surface area contributed by atoms with Crippen LogP contribution in [0.3, 0.4) is 0 Å². The fourth-order valence-electron chi connectivity index (χ4n) is 4.46. The third-order valence-electron chi connectivity index (χ3n) is 6.56. The van der Waals surface area contributed by atoms with Gasteiger partial charge in [-0.05, 0) is 45.2 Å². The zero-order chi connectivity index (χ0) is 28.3. The van der Waals surface area contributed by atoms with Gasteiger partial charge >= 0.3 is 13.7 Å². The van der Waals surface area contributed by atoms with Gasteiger partial charge in [-0.15, -0.1) is 6.58 Å². The number of carbonyl (C=O) groups excluding carboxylic acids is 1. The Balaban J connectivity index is 1.32. The number of nitrogens with one attached hydrogen (secondary N) is 2. The van der Waals surface area contributed by atoms with Gasteiger partial charge in [0.1, 0.15) is 18.0 Å². The quantitative estimate of drug-likeness (QED) is 0.155. The van der Waals surface area contributed by atoms with Crippen molar-refractivity contribution in [3.63, 3.8) is 0 Å². The van der Waals surface area contributed by atoms with Crippen molar-refractivity contribution < 1.29 is 27.9 Å². The summed E-state index contributed by atoms with van der Waals surface area (Å²) in [5.74, 6) is 0.351. The van der Waals surface area contributed by atoms with Crippen molar-refractivity contribution in [1.82, 2.24) is 24.6 Å². The molecular formula is C26H34N7O6P. The number of nitrogens with two attached hydrogens (primary N) is 1. The lowest BCUT2D eigenvalue weighted by Crippen LogP contribution is -2.35. The molecule has 5 rings (SSSR count). The average molecular weight is 572 g/mol. The van der Waals surface area contributed by atoms with E-state index in [2.05, 4.69) is 31.9 Å². The van der Waals surface area contributed by atoms with Crippen LogP contribution in [-0.2, 0) is 23.4 Å². The molecule has 4 N–H and O–H groups in total. The van der Waals surface area contributed by atoms with Crippen LogP contribution in [0.4, 0.5) is 11.8 Å². The van der Waals surface area contributed by atoms with Crippen molar-refractivity contribution in [2.45, 2.75) is 57.5 Å². The van der Waals surface area contributed by atoms with Crippen LogP contribution in [0.25, 0.3) is 11.2 Å². The number of carbonyl (C=O) groups is 1. The third kappa shape index (κ3) is 6.44. The summed E-state index contributed by atoms with van der Waals surface area (Å²) in [5, 5.41) is 6.03. The number of hydrogen-bond donors (Lipinski definition) is 3. The van der Waals surface area contributed by atoms with Crippen molar-refractivity contribution in [2.24, 2.45) is 5.92 Å². The third-order valence-corrected chi connectivity index (χ3v) is 8.20. The number of nitrogens with zero attached hydrogens (tertiary/aromatic N) is 4. The lowest BCUT2D eigenvalue weighted by molar-refractivity contribution is -0.144. The van der Waals surface area contributed by atoms with Crippen molar-refractivity contribution in [2.75, 3.05) is 24.3 Å². The van der Waals surface area contributed by atoms with Gasteiger partial charge in [0.15, 0.2) is 17.0 Å². The molecule has 5 atom stereocenters. The number of ether oxygens (including phenoxy) is 2. The summed E-state index contributed by atoms with van der Waals surface area (Å²) >= 11 is 0. The number of esters is 1. The molecule has 1 saturated heterocycles. The normalized spacial score (nSPS) is 22.9. The van der Waals surface area contributed by atoms with Gasteiger partial charge in [0.25, 0.3) is 0 Å². The molecule has 0 amide bonds. The van der Waals surface area contributed by atoms with Gasteiger partial charge in [-0.2, -0.15) is 15.1 Å². The molecule has 1 unspecified atom stereocenters. The van der Waals surface area contributed by atoms with Crippen molar-refractivity contribution in [3.05, 3.63) is 49.3 Å². The van der Waals surface area contributed by atoms with Crippen LogP contribution >= 0.6 is 7.75 Å². The molecule has 1 saturated carbocycles. The topological polar surface area (TPSA) is 165 Å². The van der Waals surface area contributed by atoms with E-state index >= 15 is 0 Å². The van der Waals surface area contributed by atoms with Crippen LogP contribution < -0.4 is 20.7 Å².